The molecule has 9 heteroatoms. The van der Waals surface area contributed by atoms with Crippen molar-refractivity contribution in [2.45, 2.75) is 52.9 Å². The number of aryl methyl sites for hydroxylation is 2. The lowest BCUT2D eigenvalue weighted by atomic mass is 10.3. The predicted octanol–water partition coefficient (Wildman–Crippen LogP) is 2.09. The van der Waals surface area contributed by atoms with Gasteiger partial charge < -0.3 is 4.57 Å². The molecular weight excluding hydrogens is 400 g/mol. The lowest BCUT2D eigenvalue weighted by Crippen LogP contribution is -2.45. The van der Waals surface area contributed by atoms with Crippen molar-refractivity contribution in [2.24, 2.45) is 0 Å². The number of H-pyrrole nitrogens is 1. The van der Waals surface area contributed by atoms with Crippen molar-refractivity contribution < 1.29 is 0 Å². The zero-order valence-electron chi connectivity index (χ0n) is 17.8. The van der Waals surface area contributed by atoms with E-state index in [1.165, 1.54) is 4.88 Å². The van der Waals surface area contributed by atoms with E-state index in [2.05, 4.69) is 39.2 Å². The van der Waals surface area contributed by atoms with Gasteiger partial charge in [0.05, 0.1) is 6.54 Å². The Morgan fingerprint density at radius 3 is 2.43 bits per heavy atom. The third kappa shape index (κ3) is 4.28. The molecule has 3 aromatic heterocycles. The standard InChI is InChI=1S/C21H30N6O2S/c1-3-5-8-27-19-18(20(28)23-21(27)29)26(4-2)17(22-19)15-25-11-9-24(10-12-25)14-16-7-6-13-30-16/h6-7,13H,3-5,8-12,14-15H2,1-2H3,(H,23,28,29). The van der Waals surface area contributed by atoms with E-state index in [1.807, 2.05) is 22.8 Å². The molecule has 0 amide bonds. The first-order chi connectivity index (χ1) is 14.6. The molecule has 4 heterocycles. The highest BCUT2D eigenvalue weighted by molar-refractivity contribution is 7.09. The second-order valence-corrected chi connectivity index (χ2v) is 8.87. The number of hydrogen-bond acceptors (Lipinski definition) is 6. The van der Waals surface area contributed by atoms with E-state index in [4.69, 9.17) is 4.98 Å². The molecule has 3 aromatic rings. The molecule has 0 spiro atoms. The number of thiophene rings is 1. The molecule has 1 aliphatic heterocycles. The molecule has 30 heavy (non-hydrogen) atoms. The maximum absolute atomic E-state index is 12.6. The molecule has 0 radical (unpaired) electrons. The van der Waals surface area contributed by atoms with E-state index in [-0.39, 0.29) is 11.2 Å². The third-order valence-corrected chi connectivity index (χ3v) is 6.67. The normalized spacial score (nSPS) is 15.9. The molecule has 8 nitrogen and oxygen atoms in total. The molecule has 1 fully saturated rings. The van der Waals surface area contributed by atoms with Gasteiger partial charge >= 0.3 is 5.69 Å². The fourth-order valence-electron chi connectivity index (χ4n) is 4.13. The van der Waals surface area contributed by atoms with Gasteiger partial charge in [-0.3, -0.25) is 24.1 Å². The quantitative estimate of drug-likeness (QED) is 0.592. The molecule has 0 aliphatic carbocycles. The highest BCUT2D eigenvalue weighted by atomic mass is 32.1. The Morgan fingerprint density at radius 2 is 1.80 bits per heavy atom. The highest BCUT2D eigenvalue weighted by Gasteiger charge is 2.22. The zero-order valence-corrected chi connectivity index (χ0v) is 18.6. The Bertz CT molecular complexity index is 1090. The van der Waals surface area contributed by atoms with Crippen LogP contribution < -0.4 is 11.2 Å². The van der Waals surface area contributed by atoms with Gasteiger partial charge in [0.2, 0.25) is 0 Å². The zero-order chi connectivity index (χ0) is 21.1. The number of aromatic nitrogens is 4. The van der Waals surface area contributed by atoms with Crippen molar-refractivity contribution in [3.05, 3.63) is 49.1 Å². The third-order valence-electron chi connectivity index (χ3n) is 5.81. The van der Waals surface area contributed by atoms with Gasteiger partial charge in [0.15, 0.2) is 11.2 Å². The number of nitrogens with zero attached hydrogens (tertiary/aromatic N) is 5. The average molecular weight is 431 g/mol. The smallest absolute Gasteiger partial charge is 0.321 e. The molecule has 0 atom stereocenters. The van der Waals surface area contributed by atoms with Crippen molar-refractivity contribution in [3.8, 4) is 0 Å². The van der Waals surface area contributed by atoms with Crippen LogP contribution in [0.2, 0.25) is 0 Å². The summed E-state index contributed by atoms with van der Waals surface area (Å²) in [6.07, 6.45) is 1.85. The van der Waals surface area contributed by atoms with Gasteiger partial charge in [-0.1, -0.05) is 19.4 Å². The summed E-state index contributed by atoms with van der Waals surface area (Å²) in [5, 5.41) is 2.13. The van der Waals surface area contributed by atoms with E-state index in [0.717, 1.165) is 51.4 Å². The number of hydrogen-bond donors (Lipinski definition) is 1. The van der Waals surface area contributed by atoms with Crippen LogP contribution >= 0.6 is 11.3 Å². The number of nitrogens with one attached hydrogen (secondary N) is 1. The van der Waals surface area contributed by atoms with Gasteiger partial charge in [-0.2, -0.15) is 0 Å². The SMILES string of the molecule is CCCCn1c(=O)[nH]c(=O)c2c1nc(CN1CCN(Cc3cccs3)CC1)n2CC. The Morgan fingerprint density at radius 1 is 1.07 bits per heavy atom. The summed E-state index contributed by atoms with van der Waals surface area (Å²) in [4.78, 5) is 38.5. The Balaban J connectivity index is 1.53. The summed E-state index contributed by atoms with van der Waals surface area (Å²) >= 11 is 1.81. The number of imidazole rings is 1. The van der Waals surface area contributed by atoms with Crippen LogP contribution in [-0.2, 0) is 26.2 Å². The number of unbranched alkanes of at least 4 members (excludes halogenated alkanes) is 1. The summed E-state index contributed by atoms with van der Waals surface area (Å²) in [6, 6.07) is 4.30. The molecule has 0 bridgehead atoms. The fourth-order valence-corrected chi connectivity index (χ4v) is 4.88. The van der Waals surface area contributed by atoms with Crippen molar-refractivity contribution in [1.29, 1.82) is 0 Å². The van der Waals surface area contributed by atoms with Gasteiger partial charge in [0, 0.05) is 50.7 Å². The average Bonchev–Trinajstić information content (AvgIpc) is 3.37. The minimum atomic E-state index is -0.365. The van der Waals surface area contributed by atoms with Crippen LogP contribution in [0.15, 0.2) is 27.1 Å². The lowest BCUT2D eigenvalue weighted by Gasteiger charge is -2.34. The predicted molar refractivity (Wildman–Crippen MR) is 120 cm³/mol. The second kappa shape index (κ2) is 9.28. The maximum atomic E-state index is 12.6. The monoisotopic (exact) mass is 430 g/mol. The van der Waals surface area contributed by atoms with Crippen LogP contribution in [0.1, 0.15) is 37.4 Å². The van der Waals surface area contributed by atoms with Crippen LogP contribution in [0, 0.1) is 0 Å². The van der Waals surface area contributed by atoms with Gasteiger partial charge in [-0.05, 0) is 24.8 Å². The Kier molecular flexibility index (Phi) is 6.50. The van der Waals surface area contributed by atoms with E-state index in [1.54, 1.807) is 4.57 Å². The summed E-state index contributed by atoms with van der Waals surface area (Å²) in [7, 11) is 0. The topological polar surface area (TPSA) is 79.2 Å². The molecule has 1 aliphatic rings. The van der Waals surface area contributed by atoms with E-state index in [9.17, 15) is 9.59 Å². The minimum Gasteiger partial charge on any atom is -0.321 e. The van der Waals surface area contributed by atoms with Crippen LogP contribution in [0.4, 0.5) is 0 Å². The summed E-state index contributed by atoms with van der Waals surface area (Å²) < 4.78 is 3.59. The van der Waals surface area contributed by atoms with Crippen molar-refractivity contribution in [1.82, 2.24) is 28.9 Å². The van der Waals surface area contributed by atoms with Crippen LogP contribution in [0.3, 0.4) is 0 Å². The van der Waals surface area contributed by atoms with Gasteiger partial charge in [-0.25, -0.2) is 9.78 Å². The van der Waals surface area contributed by atoms with Crippen LogP contribution in [0.25, 0.3) is 11.2 Å². The molecule has 0 unspecified atom stereocenters. The fraction of sp³-hybridized carbons (Fsp3) is 0.571. The van der Waals surface area contributed by atoms with Crippen molar-refractivity contribution >= 4 is 22.5 Å². The summed E-state index contributed by atoms with van der Waals surface area (Å²) in [5.74, 6) is 0.862. The molecule has 0 aromatic carbocycles. The molecular formula is C21H30N6O2S. The number of aromatic amines is 1. The van der Waals surface area contributed by atoms with Crippen LogP contribution in [0.5, 0.6) is 0 Å². The molecule has 1 N–H and O–H groups in total. The van der Waals surface area contributed by atoms with Gasteiger partial charge in [-0.15, -0.1) is 11.3 Å². The largest absolute Gasteiger partial charge is 0.330 e. The molecule has 4 rings (SSSR count). The summed E-state index contributed by atoms with van der Waals surface area (Å²) in [6.45, 7) is 11.0. The molecule has 162 valence electrons. The Hall–Kier alpha value is -2.23. The molecule has 1 saturated heterocycles. The van der Waals surface area contributed by atoms with Crippen molar-refractivity contribution in [2.75, 3.05) is 26.2 Å². The van der Waals surface area contributed by atoms with Crippen molar-refractivity contribution in [3.63, 3.8) is 0 Å². The Labute approximate surface area is 179 Å². The number of fused-ring (bicyclic) bond motifs is 1. The van der Waals surface area contributed by atoms with Crippen LogP contribution in [-0.4, -0.2) is 55.1 Å². The first-order valence-corrected chi connectivity index (χ1v) is 11.7. The van der Waals surface area contributed by atoms with Gasteiger partial charge in [0.25, 0.3) is 5.56 Å². The summed E-state index contributed by atoms with van der Waals surface area (Å²) in [5.41, 5.74) is 0.324. The maximum Gasteiger partial charge on any atom is 0.330 e. The first-order valence-electron chi connectivity index (χ1n) is 10.8. The first kappa shape index (κ1) is 21.0. The minimum absolute atomic E-state index is 0.343. The lowest BCUT2D eigenvalue weighted by molar-refractivity contribution is 0.120. The molecule has 0 saturated carbocycles. The second-order valence-electron chi connectivity index (χ2n) is 7.84. The van der Waals surface area contributed by atoms with E-state index in [0.29, 0.717) is 30.8 Å². The van der Waals surface area contributed by atoms with E-state index < -0.39 is 0 Å². The van der Waals surface area contributed by atoms with E-state index >= 15 is 0 Å². The van der Waals surface area contributed by atoms with Gasteiger partial charge in [0.1, 0.15) is 5.82 Å². The number of piperazine rings is 1. The highest BCUT2D eigenvalue weighted by Crippen LogP contribution is 2.17. The number of rotatable bonds is 8.